The Labute approximate surface area is 146 Å². The number of nitrogens with one attached hydrogen (secondary N) is 1. The molecule has 2 aromatic carbocycles. The van der Waals surface area contributed by atoms with Gasteiger partial charge < -0.3 is 8.98 Å². The normalized spacial score (nSPS) is 12.2. The first kappa shape index (κ1) is 16.4. The summed E-state index contributed by atoms with van der Waals surface area (Å²) in [7, 11) is 1.84. The molecule has 0 radical (unpaired) electrons. The van der Waals surface area contributed by atoms with Gasteiger partial charge in [-0.1, -0.05) is 13.0 Å². The average molecular weight is 360 g/mol. The molecule has 1 N–H and O–H groups in total. The molecule has 0 spiro atoms. The van der Waals surface area contributed by atoms with Crippen molar-refractivity contribution in [3.63, 3.8) is 0 Å². The predicted molar refractivity (Wildman–Crippen MR) is 92.4 cm³/mol. The van der Waals surface area contributed by atoms with Crippen LogP contribution in [0.1, 0.15) is 18.1 Å². The summed E-state index contributed by atoms with van der Waals surface area (Å²) < 4.78 is 45.7. The minimum Gasteiger partial charge on any atom is -0.423 e. The first-order valence-corrected chi connectivity index (χ1v) is 8.05. The zero-order chi connectivity index (χ0) is 18.5. The van der Waals surface area contributed by atoms with E-state index in [4.69, 9.17) is 4.42 Å². The van der Waals surface area contributed by atoms with Gasteiger partial charge in [-0.2, -0.15) is 18.2 Å². The van der Waals surface area contributed by atoms with Crippen molar-refractivity contribution in [1.82, 2.24) is 14.5 Å². The van der Waals surface area contributed by atoms with Crippen LogP contribution in [0.2, 0.25) is 0 Å². The maximum Gasteiger partial charge on any atom is 0.416 e. The number of benzene rings is 2. The van der Waals surface area contributed by atoms with Gasteiger partial charge in [-0.05, 0) is 42.3 Å². The number of hydrogen-bond donors (Lipinski definition) is 1. The third-order valence-corrected chi connectivity index (χ3v) is 4.29. The molecule has 0 aliphatic rings. The Morgan fingerprint density at radius 2 is 1.88 bits per heavy atom. The monoisotopic (exact) mass is 360 g/mol. The van der Waals surface area contributed by atoms with Crippen molar-refractivity contribution in [2.45, 2.75) is 19.5 Å². The summed E-state index contributed by atoms with van der Waals surface area (Å²) in [4.78, 5) is 8.69. The number of alkyl halides is 3. The van der Waals surface area contributed by atoms with Gasteiger partial charge in [-0.3, -0.25) is 5.32 Å². The fourth-order valence-corrected chi connectivity index (χ4v) is 2.83. The number of aromatic nitrogens is 3. The van der Waals surface area contributed by atoms with Crippen LogP contribution in [0.4, 0.5) is 25.1 Å². The third kappa shape index (κ3) is 2.77. The number of imidazole rings is 1. The number of nitrogens with zero attached hydrogens (tertiary/aromatic N) is 3. The lowest BCUT2D eigenvalue weighted by Crippen LogP contribution is -2.03. The first-order valence-electron chi connectivity index (χ1n) is 8.05. The molecular formula is C18H15F3N4O. The fraction of sp³-hybridized carbons (Fsp3) is 0.222. The van der Waals surface area contributed by atoms with Crippen LogP contribution >= 0.6 is 0 Å². The van der Waals surface area contributed by atoms with Crippen molar-refractivity contribution in [1.29, 1.82) is 0 Å². The molecule has 0 bridgehead atoms. The average Bonchev–Trinajstić information content (AvgIpc) is 3.14. The van der Waals surface area contributed by atoms with Gasteiger partial charge in [0, 0.05) is 7.05 Å². The largest absolute Gasteiger partial charge is 0.423 e. The van der Waals surface area contributed by atoms with Crippen LogP contribution in [0, 0.1) is 0 Å². The second kappa shape index (κ2) is 5.76. The van der Waals surface area contributed by atoms with Crippen LogP contribution in [-0.2, 0) is 19.6 Å². The van der Waals surface area contributed by atoms with E-state index in [0.29, 0.717) is 11.5 Å². The highest BCUT2D eigenvalue weighted by molar-refractivity contribution is 5.81. The highest BCUT2D eigenvalue weighted by Crippen LogP contribution is 2.32. The molecule has 0 saturated heterocycles. The molecule has 0 amide bonds. The van der Waals surface area contributed by atoms with Crippen molar-refractivity contribution in [3.8, 4) is 0 Å². The van der Waals surface area contributed by atoms with Gasteiger partial charge in [0.1, 0.15) is 5.52 Å². The smallest absolute Gasteiger partial charge is 0.416 e. The van der Waals surface area contributed by atoms with E-state index < -0.39 is 11.7 Å². The molecule has 8 heteroatoms. The Kier molecular flexibility index (Phi) is 3.64. The molecule has 26 heavy (non-hydrogen) atoms. The Balaban J connectivity index is 1.70. The Hall–Kier alpha value is -3.03. The second-order valence-corrected chi connectivity index (χ2v) is 6.00. The van der Waals surface area contributed by atoms with Crippen LogP contribution in [0.25, 0.3) is 22.1 Å². The molecule has 4 rings (SSSR count). The van der Waals surface area contributed by atoms with Crippen LogP contribution in [0.15, 0.2) is 40.8 Å². The molecule has 2 aromatic heterocycles. The van der Waals surface area contributed by atoms with Crippen molar-refractivity contribution >= 4 is 34.1 Å². The van der Waals surface area contributed by atoms with E-state index in [1.165, 1.54) is 11.6 Å². The third-order valence-electron chi connectivity index (χ3n) is 4.29. The maximum atomic E-state index is 12.8. The van der Waals surface area contributed by atoms with E-state index >= 15 is 0 Å². The number of rotatable bonds is 3. The van der Waals surface area contributed by atoms with Crippen LogP contribution in [-0.4, -0.2) is 14.5 Å². The second-order valence-electron chi connectivity index (χ2n) is 6.00. The van der Waals surface area contributed by atoms with E-state index in [9.17, 15) is 13.2 Å². The quantitative estimate of drug-likeness (QED) is 0.556. The molecule has 0 fully saturated rings. The maximum absolute atomic E-state index is 12.8. The minimum atomic E-state index is -4.43. The van der Waals surface area contributed by atoms with Gasteiger partial charge in [-0.15, -0.1) is 0 Å². The molecule has 2 heterocycles. The molecule has 0 unspecified atom stereocenters. The van der Waals surface area contributed by atoms with E-state index in [0.717, 1.165) is 29.6 Å². The van der Waals surface area contributed by atoms with Gasteiger partial charge in [0.15, 0.2) is 5.58 Å². The predicted octanol–water partition coefficient (Wildman–Crippen LogP) is 5.04. The summed E-state index contributed by atoms with van der Waals surface area (Å²) in [5.74, 6) is 0.496. The lowest BCUT2D eigenvalue weighted by Gasteiger charge is -2.04. The molecule has 0 saturated carbocycles. The lowest BCUT2D eigenvalue weighted by atomic mass is 10.1. The fourth-order valence-electron chi connectivity index (χ4n) is 2.83. The van der Waals surface area contributed by atoms with Crippen LogP contribution in [0.5, 0.6) is 0 Å². The molecule has 0 aliphatic heterocycles. The minimum absolute atomic E-state index is 0.0642. The van der Waals surface area contributed by atoms with Crippen LogP contribution in [0.3, 0.4) is 0 Å². The zero-order valence-electron chi connectivity index (χ0n) is 14.1. The zero-order valence-corrected chi connectivity index (χ0v) is 14.1. The molecular weight excluding hydrogens is 345 g/mol. The number of anilines is 2. The van der Waals surface area contributed by atoms with E-state index in [2.05, 4.69) is 22.2 Å². The number of aryl methyl sites for hydroxylation is 2. The summed E-state index contributed by atoms with van der Waals surface area (Å²) in [5.41, 5.74) is 2.55. The van der Waals surface area contributed by atoms with E-state index in [1.54, 1.807) is 0 Å². The molecule has 4 aromatic rings. The van der Waals surface area contributed by atoms with Gasteiger partial charge in [0.25, 0.3) is 0 Å². The molecule has 134 valence electrons. The summed E-state index contributed by atoms with van der Waals surface area (Å²) >= 11 is 0. The van der Waals surface area contributed by atoms with Crippen LogP contribution < -0.4 is 5.32 Å². The Morgan fingerprint density at radius 1 is 1.08 bits per heavy atom. The summed E-state index contributed by atoms with van der Waals surface area (Å²) in [6, 6.07) is 9.32. The first-order chi connectivity index (χ1) is 12.3. The summed E-state index contributed by atoms with van der Waals surface area (Å²) in [6.45, 7) is 2.07. The summed E-state index contributed by atoms with van der Waals surface area (Å²) in [5, 5.41) is 2.94. The van der Waals surface area contributed by atoms with Crippen molar-refractivity contribution in [2.24, 2.45) is 7.05 Å². The number of hydrogen-bond acceptors (Lipinski definition) is 4. The van der Waals surface area contributed by atoms with Crippen molar-refractivity contribution < 1.29 is 17.6 Å². The molecule has 5 nitrogen and oxygen atoms in total. The van der Waals surface area contributed by atoms with E-state index in [-0.39, 0.29) is 11.6 Å². The van der Waals surface area contributed by atoms with Gasteiger partial charge in [-0.25, -0.2) is 4.98 Å². The number of oxazole rings is 1. The highest BCUT2D eigenvalue weighted by Gasteiger charge is 2.31. The summed E-state index contributed by atoms with van der Waals surface area (Å²) in [6.07, 6.45) is -3.52. The Morgan fingerprint density at radius 3 is 2.62 bits per heavy atom. The lowest BCUT2D eigenvalue weighted by molar-refractivity contribution is -0.137. The standard InChI is InChI=1S/C18H15F3N4O/c1-3-10-4-7-14-13(8-10)22-16(25(14)2)24-17-23-12-6-5-11(18(19,20)21)9-15(12)26-17/h4-9H,3H2,1-2H3,(H,22,23,24). The Bertz CT molecular complexity index is 1110. The number of halogens is 3. The van der Waals surface area contributed by atoms with Gasteiger partial charge >= 0.3 is 12.2 Å². The molecule has 0 atom stereocenters. The molecule has 0 aliphatic carbocycles. The van der Waals surface area contributed by atoms with Gasteiger partial charge in [0.05, 0.1) is 16.6 Å². The van der Waals surface area contributed by atoms with Crippen molar-refractivity contribution in [2.75, 3.05) is 5.32 Å². The topological polar surface area (TPSA) is 55.9 Å². The number of fused-ring (bicyclic) bond motifs is 2. The van der Waals surface area contributed by atoms with Gasteiger partial charge in [0.2, 0.25) is 5.95 Å². The highest BCUT2D eigenvalue weighted by atomic mass is 19.4. The van der Waals surface area contributed by atoms with Crippen molar-refractivity contribution in [3.05, 3.63) is 47.5 Å². The van der Waals surface area contributed by atoms with E-state index in [1.807, 2.05) is 29.8 Å². The SMILES string of the molecule is CCc1ccc2c(c1)nc(Nc1nc3ccc(C(F)(F)F)cc3o1)n2C.